The molecule has 0 atom stereocenters. The zero-order valence-corrected chi connectivity index (χ0v) is 44.7. The summed E-state index contributed by atoms with van der Waals surface area (Å²) < 4.78 is 9.27. The van der Waals surface area contributed by atoms with Gasteiger partial charge in [-0.2, -0.15) is 0 Å². The predicted octanol–water partition coefficient (Wildman–Crippen LogP) is 15.3. The van der Waals surface area contributed by atoms with Crippen molar-refractivity contribution < 1.29 is 17.1 Å². The molecule has 0 spiro atoms. The number of nitrogens with zero attached hydrogens (tertiary/aromatic N) is 8. The molecule has 2 aliphatic rings. The Morgan fingerprint density at radius 1 is 0.302 bits per heavy atom. The van der Waals surface area contributed by atoms with Gasteiger partial charge in [-0.1, -0.05) is 63.7 Å². The van der Waals surface area contributed by atoms with Crippen molar-refractivity contribution in [3.8, 4) is 45.6 Å². The molecule has 0 saturated carbocycles. The fourth-order valence-electron chi connectivity index (χ4n) is 5.99. The molecule has 5 heterocycles. The molecule has 0 aliphatic carbocycles. The summed E-state index contributed by atoms with van der Waals surface area (Å²) in [5.74, 6) is 1.58. The van der Waals surface area contributed by atoms with Crippen LogP contribution < -0.4 is 9.97 Å². The molecular weight excluding hydrogens is 1520 g/mol. The first kappa shape index (κ1) is 40.3. The molecule has 8 bridgehead atoms. The van der Waals surface area contributed by atoms with Crippen LogP contribution in [0, 0.1) is 0 Å². The van der Waals surface area contributed by atoms with Crippen molar-refractivity contribution >= 4 is 235 Å². The standard InChI is InChI=1S/C32H4Br12N8.Cu/c33-5-1-9(37)21(41)17-13(5)25-45-29(17)50-26-15-7(35)3-11(39)23(43)19(15)31(47-26)52-28-16-8(36)4-12(40)24(44)20(16)32(48-28)51-27-14-6(34)2-10(38)22(42)18(14)30(46-27)49-25;/h1-4H;/q-2;+2. The van der Waals surface area contributed by atoms with E-state index in [2.05, 4.69) is 191 Å². The van der Waals surface area contributed by atoms with E-state index in [1.165, 1.54) is 0 Å². The van der Waals surface area contributed by atoms with Crippen LogP contribution in [-0.2, 0) is 17.1 Å². The largest absolute Gasteiger partial charge is 2.00 e. The van der Waals surface area contributed by atoms with E-state index in [0.29, 0.717) is 45.9 Å². The van der Waals surface area contributed by atoms with Crippen LogP contribution in [0.15, 0.2) is 77.9 Å². The number of aromatic nitrogens is 8. The monoisotopic (exact) mass is 1510 g/mol. The van der Waals surface area contributed by atoms with E-state index >= 15 is 0 Å². The molecule has 2 aliphatic heterocycles. The van der Waals surface area contributed by atoms with Gasteiger partial charge in [0.1, 0.15) is 0 Å². The van der Waals surface area contributed by atoms with E-state index < -0.39 is 0 Å². The maximum atomic E-state index is 5.13. The minimum Gasteiger partial charge on any atom is -0.357 e. The van der Waals surface area contributed by atoms with Crippen LogP contribution in [0.25, 0.3) is 89.7 Å². The molecule has 267 valence electrons. The minimum atomic E-state index is 0. The van der Waals surface area contributed by atoms with E-state index in [-0.39, 0.29) is 17.1 Å². The SMILES string of the molecule is Brc1cc(Br)c2c(c1Br)-c1nc-2nc2[n-]c(nc3nc(nc4[n-]c(n1)c1c(Br)cc(Br)c(Br)c41)-c1c(Br)cc(Br)c(Br)c1-3)c1c(Br)cc(Br)c(Br)c21.[Cu+2]. The first-order chi connectivity index (χ1) is 24.7. The van der Waals surface area contributed by atoms with E-state index in [1.807, 2.05) is 24.3 Å². The molecule has 53 heavy (non-hydrogen) atoms. The Bertz CT molecular complexity index is 2820. The molecule has 3 aromatic heterocycles. The smallest absolute Gasteiger partial charge is 0.357 e. The molecule has 0 fully saturated rings. The van der Waals surface area contributed by atoms with Gasteiger partial charge in [0.05, 0.1) is 23.3 Å². The maximum absolute atomic E-state index is 5.13. The first-order valence-electron chi connectivity index (χ1n) is 14.2. The van der Waals surface area contributed by atoms with Crippen LogP contribution in [0.4, 0.5) is 0 Å². The van der Waals surface area contributed by atoms with Crippen molar-refractivity contribution in [2.75, 3.05) is 0 Å². The molecular formula is C32H4Br12CuN8. The van der Waals surface area contributed by atoms with Gasteiger partial charge in [-0.15, -0.1) is 0 Å². The zero-order valence-electron chi connectivity index (χ0n) is 24.7. The number of rotatable bonds is 0. The fraction of sp³-hybridized carbons (Fsp3) is 0. The van der Waals surface area contributed by atoms with Gasteiger partial charge in [0.2, 0.25) is 0 Å². The Labute approximate surface area is 409 Å². The van der Waals surface area contributed by atoms with Gasteiger partial charge < -0.3 is 29.9 Å². The third kappa shape index (κ3) is 6.42. The van der Waals surface area contributed by atoms with Gasteiger partial charge in [-0.05, 0) is 152 Å². The topological polar surface area (TPSA) is 106 Å². The summed E-state index contributed by atoms with van der Waals surface area (Å²) >= 11 is 45.0. The summed E-state index contributed by atoms with van der Waals surface area (Å²) in [4.78, 5) is 40.7. The number of hydrogen-bond acceptors (Lipinski definition) is 6. The maximum Gasteiger partial charge on any atom is 2.00 e. The molecule has 4 aromatic carbocycles. The van der Waals surface area contributed by atoms with Crippen LogP contribution in [0.2, 0.25) is 0 Å². The zero-order chi connectivity index (χ0) is 36.7. The summed E-state index contributed by atoms with van der Waals surface area (Å²) in [5.41, 5.74) is 4.49. The predicted molar refractivity (Wildman–Crippen MR) is 246 cm³/mol. The van der Waals surface area contributed by atoms with E-state index in [0.717, 1.165) is 97.5 Å². The summed E-state index contributed by atoms with van der Waals surface area (Å²) in [6.45, 7) is 0. The van der Waals surface area contributed by atoms with Gasteiger partial charge in [-0.3, -0.25) is 0 Å². The molecule has 21 heteroatoms. The van der Waals surface area contributed by atoms with Crippen molar-refractivity contribution in [3.63, 3.8) is 0 Å². The van der Waals surface area contributed by atoms with E-state index in [4.69, 9.17) is 39.9 Å². The minimum absolute atomic E-state index is 0. The number of benzene rings is 4. The number of halogens is 12. The second-order valence-corrected chi connectivity index (χ2v) is 21.1. The second kappa shape index (κ2) is 15.0. The summed E-state index contributed by atoms with van der Waals surface area (Å²) in [6.07, 6.45) is 0. The molecule has 7 aromatic rings. The van der Waals surface area contributed by atoms with Crippen LogP contribution in [0.1, 0.15) is 0 Å². The van der Waals surface area contributed by atoms with Gasteiger partial charge in [0.25, 0.3) is 0 Å². The van der Waals surface area contributed by atoms with Crippen molar-refractivity contribution in [2.24, 2.45) is 0 Å². The molecule has 9 rings (SSSR count). The number of fused-ring (bicyclic) bond motifs is 20. The van der Waals surface area contributed by atoms with Crippen LogP contribution in [0.3, 0.4) is 0 Å². The Balaban J connectivity index is 0.00000400. The Hall–Kier alpha value is 0.519. The first-order valence-corrected chi connectivity index (χ1v) is 23.7. The van der Waals surface area contributed by atoms with Crippen molar-refractivity contribution in [1.29, 1.82) is 0 Å². The normalized spacial score (nSPS) is 12.0. The Kier molecular flexibility index (Phi) is 11.4. The molecule has 0 unspecified atom stereocenters. The van der Waals surface area contributed by atoms with E-state index in [9.17, 15) is 0 Å². The summed E-state index contributed by atoms with van der Waals surface area (Å²) in [5, 5.41) is 2.91. The van der Waals surface area contributed by atoms with Crippen LogP contribution in [0.5, 0.6) is 0 Å². The van der Waals surface area contributed by atoms with Crippen molar-refractivity contribution in [1.82, 2.24) is 39.9 Å². The van der Waals surface area contributed by atoms with E-state index in [1.54, 1.807) is 0 Å². The van der Waals surface area contributed by atoms with Crippen molar-refractivity contribution in [3.05, 3.63) is 77.9 Å². The van der Waals surface area contributed by atoms with Gasteiger partial charge in [0.15, 0.2) is 0 Å². The molecule has 0 N–H and O–H groups in total. The molecule has 0 amide bonds. The van der Waals surface area contributed by atoms with Gasteiger partial charge in [-0.25, -0.2) is 9.97 Å². The molecule has 0 saturated heterocycles. The average Bonchev–Trinajstić information content (AvgIpc) is 3.82. The summed E-state index contributed by atoms with van der Waals surface area (Å²) in [7, 11) is 0. The quantitative estimate of drug-likeness (QED) is 0.109. The third-order valence-corrected chi connectivity index (χ3v) is 18.6. The fourth-order valence-corrected chi connectivity index (χ4v) is 13.3. The summed E-state index contributed by atoms with van der Waals surface area (Å²) in [6, 6.07) is 7.76. The number of hydrogen-bond donors (Lipinski definition) is 0. The van der Waals surface area contributed by atoms with Gasteiger partial charge >= 0.3 is 17.1 Å². The molecule has 8 nitrogen and oxygen atoms in total. The third-order valence-electron chi connectivity index (χ3n) is 8.17. The Morgan fingerprint density at radius 3 is 0.943 bits per heavy atom. The second-order valence-electron chi connectivity index (χ2n) is 11.1. The molecule has 1 radical (unpaired) electrons. The average molecular weight is 1520 g/mol. The van der Waals surface area contributed by atoms with Crippen LogP contribution >= 0.6 is 191 Å². The van der Waals surface area contributed by atoms with Crippen LogP contribution in [-0.4, -0.2) is 29.9 Å². The Morgan fingerprint density at radius 2 is 0.585 bits per heavy atom. The van der Waals surface area contributed by atoms with Gasteiger partial charge in [0, 0.05) is 120 Å². The van der Waals surface area contributed by atoms with Crippen molar-refractivity contribution in [2.45, 2.75) is 0 Å².